The van der Waals surface area contributed by atoms with E-state index in [0.29, 0.717) is 6.04 Å². The zero-order chi connectivity index (χ0) is 13.2. The Kier molecular flexibility index (Phi) is 3.92. The van der Waals surface area contributed by atoms with Gasteiger partial charge in [-0.05, 0) is 55.9 Å². The van der Waals surface area contributed by atoms with E-state index in [0.717, 1.165) is 22.5 Å². The van der Waals surface area contributed by atoms with Crippen LogP contribution >= 0.6 is 15.9 Å². The van der Waals surface area contributed by atoms with Crippen molar-refractivity contribution in [1.82, 2.24) is 4.90 Å². The molecule has 1 aliphatic carbocycles. The van der Waals surface area contributed by atoms with Crippen molar-refractivity contribution < 1.29 is 4.79 Å². The average molecular weight is 322 g/mol. The van der Waals surface area contributed by atoms with E-state index in [4.69, 9.17) is 0 Å². The highest BCUT2D eigenvalue weighted by Crippen LogP contribution is 2.36. The summed E-state index contributed by atoms with van der Waals surface area (Å²) in [7, 11) is 0. The maximum atomic E-state index is 12.6. The van der Waals surface area contributed by atoms with Gasteiger partial charge in [0.25, 0.3) is 5.91 Å². The second-order valence-corrected chi connectivity index (χ2v) is 6.68. The SMILES string of the molecule is O=C(c1ccc(Br)cc1)N1CCCC1C1CCCC1. The molecular weight excluding hydrogens is 302 g/mol. The van der Waals surface area contributed by atoms with E-state index in [1.165, 1.54) is 38.5 Å². The van der Waals surface area contributed by atoms with Crippen molar-refractivity contribution in [3.8, 4) is 0 Å². The minimum absolute atomic E-state index is 0.224. The second-order valence-electron chi connectivity index (χ2n) is 5.76. The summed E-state index contributed by atoms with van der Waals surface area (Å²) >= 11 is 3.42. The van der Waals surface area contributed by atoms with Crippen LogP contribution in [-0.2, 0) is 0 Å². The number of carbonyl (C=O) groups is 1. The molecule has 2 fully saturated rings. The zero-order valence-corrected chi connectivity index (χ0v) is 12.7. The quantitative estimate of drug-likeness (QED) is 0.797. The highest BCUT2D eigenvalue weighted by atomic mass is 79.9. The van der Waals surface area contributed by atoms with Crippen LogP contribution in [0.2, 0.25) is 0 Å². The normalized spacial score (nSPS) is 24.1. The minimum atomic E-state index is 0.224. The molecular formula is C16H20BrNO. The summed E-state index contributed by atoms with van der Waals surface area (Å²) in [5, 5.41) is 0. The summed E-state index contributed by atoms with van der Waals surface area (Å²) in [6.07, 6.45) is 7.70. The van der Waals surface area contributed by atoms with Crippen molar-refractivity contribution >= 4 is 21.8 Å². The maximum Gasteiger partial charge on any atom is 0.254 e. The molecule has 19 heavy (non-hydrogen) atoms. The molecule has 1 aromatic carbocycles. The fourth-order valence-electron chi connectivity index (χ4n) is 3.64. The van der Waals surface area contributed by atoms with E-state index < -0.39 is 0 Å². The third-order valence-corrected chi connectivity index (χ3v) is 5.12. The molecule has 1 saturated carbocycles. The van der Waals surface area contributed by atoms with Gasteiger partial charge < -0.3 is 4.90 Å². The number of nitrogens with zero attached hydrogens (tertiary/aromatic N) is 1. The fourth-order valence-corrected chi connectivity index (χ4v) is 3.90. The number of benzene rings is 1. The van der Waals surface area contributed by atoms with Crippen LogP contribution in [0.3, 0.4) is 0 Å². The predicted molar refractivity (Wildman–Crippen MR) is 80.2 cm³/mol. The Morgan fingerprint density at radius 2 is 1.74 bits per heavy atom. The van der Waals surface area contributed by atoms with E-state index in [1.54, 1.807) is 0 Å². The first-order valence-corrected chi connectivity index (χ1v) is 8.11. The molecule has 0 bridgehead atoms. The minimum Gasteiger partial charge on any atom is -0.335 e. The number of hydrogen-bond donors (Lipinski definition) is 0. The van der Waals surface area contributed by atoms with Gasteiger partial charge in [0.15, 0.2) is 0 Å². The van der Waals surface area contributed by atoms with Gasteiger partial charge in [-0.2, -0.15) is 0 Å². The van der Waals surface area contributed by atoms with Crippen LogP contribution in [0.5, 0.6) is 0 Å². The summed E-state index contributed by atoms with van der Waals surface area (Å²) in [5.41, 5.74) is 0.827. The molecule has 0 N–H and O–H groups in total. The van der Waals surface area contributed by atoms with Gasteiger partial charge in [0, 0.05) is 22.6 Å². The van der Waals surface area contributed by atoms with Crippen molar-refractivity contribution in [3.05, 3.63) is 34.3 Å². The largest absolute Gasteiger partial charge is 0.335 e. The van der Waals surface area contributed by atoms with Crippen LogP contribution in [0.15, 0.2) is 28.7 Å². The van der Waals surface area contributed by atoms with Crippen LogP contribution in [0.1, 0.15) is 48.9 Å². The smallest absolute Gasteiger partial charge is 0.254 e. The Bertz CT molecular complexity index is 450. The molecule has 1 heterocycles. The Morgan fingerprint density at radius 1 is 1.05 bits per heavy atom. The molecule has 3 heteroatoms. The molecule has 0 aromatic heterocycles. The molecule has 1 atom stereocenters. The van der Waals surface area contributed by atoms with Crippen molar-refractivity contribution in [1.29, 1.82) is 0 Å². The first-order chi connectivity index (χ1) is 9.25. The summed E-state index contributed by atoms with van der Waals surface area (Å²) in [4.78, 5) is 14.8. The molecule has 2 aliphatic rings. The number of carbonyl (C=O) groups excluding carboxylic acids is 1. The molecule has 2 nitrogen and oxygen atoms in total. The predicted octanol–water partition coefficient (Wildman–Crippen LogP) is 4.24. The van der Waals surface area contributed by atoms with Crippen molar-refractivity contribution in [3.63, 3.8) is 0 Å². The van der Waals surface area contributed by atoms with Crippen LogP contribution in [0.25, 0.3) is 0 Å². The Morgan fingerprint density at radius 3 is 2.42 bits per heavy atom. The maximum absolute atomic E-state index is 12.6. The monoisotopic (exact) mass is 321 g/mol. The summed E-state index contributed by atoms with van der Waals surface area (Å²) < 4.78 is 1.03. The van der Waals surface area contributed by atoms with Crippen molar-refractivity contribution in [2.45, 2.75) is 44.6 Å². The second kappa shape index (κ2) is 5.66. The molecule has 3 rings (SSSR count). The fraction of sp³-hybridized carbons (Fsp3) is 0.562. The van der Waals surface area contributed by atoms with Gasteiger partial charge in [-0.3, -0.25) is 4.79 Å². The van der Waals surface area contributed by atoms with Gasteiger partial charge in [0.05, 0.1) is 0 Å². The van der Waals surface area contributed by atoms with Crippen LogP contribution < -0.4 is 0 Å². The average Bonchev–Trinajstić information content (AvgIpc) is 3.09. The number of rotatable bonds is 2. The lowest BCUT2D eigenvalue weighted by atomic mass is 9.95. The van der Waals surface area contributed by atoms with E-state index in [1.807, 2.05) is 24.3 Å². The third kappa shape index (κ3) is 2.71. The highest BCUT2D eigenvalue weighted by Gasteiger charge is 2.36. The number of hydrogen-bond acceptors (Lipinski definition) is 1. The summed E-state index contributed by atoms with van der Waals surface area (Å²) in [5.74, 6) is 0.976. The van der Waals surface area contributed by atoms with Gasteiger partial charge in [0.2, 0.25) is 0 Å². The van der Waals surface area contributed by atoms with Gasteiger partial charge >= 0.3 is 0 Å². The van der Waals surface area contributed by atoms with E-state index >= 15 is 0 Å². The van der Waals surface area contributed by atoms with Crippen molar-refractivity contribution in [2.75, 3.05) is 6.54 Å². The Hall–Kier alpha value is -0.830. The molecule has 1 unspecified atom stereocenters. The molecule has 1 saturated heterocycles. The zero-order valence-electron chi connectivity index (χ0n) is 11.1. The van der Waals surface area contributed by atoms with Gasteiger partial charge in [0.1, 0.15) is 0 Å². The standard InChI is InChI=1S/C16H20BrNO/c17-14-9-7-13(8-10-14)16(19)18-11-3-6-15(18)12-4-1-2-5-12/h7-10,12,15H,1-6,11H2. The van der Waals surface area contributed by atoms with Crippen LogP contribution in [-0.4, -0.2) is 23.4 Å². The number of amides is 1. The van der Waals surface area contributed by atoms with E-state index in [2.05, 4.69) is 20.8 Å². The van der Waals surface area contributed by atoms with E-state index in [9.17, 15) is 4.79 Å². The highest BCUT2D eigenvalue weighted by molar-refractivity contribution is 9.10. The molecule has 1 aromatic rings. The van der Waals surface area contributed by atoms with E-state index in [-0.39, 0.29) is 5.91 Å². The number of likely N-dealkylation sites (tertiary alicyclic amines) is 1. The first-order valence-electron chi connectivity index (χ1n) is 7.32. The Labute approximate surface area is 123 Å². The van der Waals surface area contributed by atoms with Crippen LogP contribution in [0.4, 0.5) is 0 Å². The first kappa shape index (κ1) is 13.2. The Balaban J connectivity index is 1.76. The molecule has 0 spiro atoms. The van der Waals surface area contributed by atoms with Gasteiger partial charge in [-0.15, -0.1) is 0 Å². The molecule has 1 aliphatic heterocycles. The molecule has 0 radical (unpaired) electrons. The van der Waals surface area contributed by atoms with Gasteiger partial charge in [-0.25, -0.2) is 0 Å². The summed E-state index contributed by atoms with van der Waals surface area (Å²) in [6.45, 7) is 0.941. The lowest BCUT2D eigenvalue weighted by Crippen LogP contribution is -2.39. The third-order valence-electron chi connectivity index (χ3n) is 4.60. The number of halogens is 1. The molecule has 1 amide bonds. The van der Waals surface area contributed by atoms with Gasteiger partial charge in [-0.1, -0.05) is 28.8 Å². The van der Waals surface area contributed by atoms with Crippen LogP contribution in [0, 0.1) is 5.92 Å². The lowest BCUT2D eigenvalue weighted by Gasteiger charge is -2.29. The molecule has 102 valence electrons. The lowest BCUT2D eigenvalue weighted by molar-refractivity contribution is 0.0689. The topological polar surface area (TPSA) is 20.3 Å². The summed E-state index contributed by atoms with van der Waals surface area (Å²) in [6, 6.07) is 8.26. The van der Waals surface area contributed by atoms with Crippen molar-refractivity contribution in [2.24, 2.45) is 5.92 Å².